The molecule has 1 aromatic rings. The lowest BCUT2D eigenvalue weighted by atomic mass is 9.81. The van der Waals surface area contributed by atoms with Gasteiger partial charge in [-0.2, -0.15) is 0 Å². The number of aliphatic hydroxyl groups is 1. The van der Waals surface area contributed by atoms with Crippen molar-refractivity contribution in [3.63, 3.8) is 0 Å². The molecule has 0 aromatic heterocycles. The Morgan fingerprint density at radius 3 is 2.42 bits per heavy atom. The fourth-order valence-electron chi connectivity index (χ4n) is 3.44. The average Bonchev–Trinajstić information content (AvgIpc) is 3.40. The summed E-state index contributed by atoms with van der Waals surface area (Å²) in [4.78, 5) is 24.6. The van der Waals surface area contributed by atoms with E-state index in [1.807, 2.05) is 12.1 Å². The Balaban J connectivity index is 1.70. The molecule has 1 aromatic carbocycles. The van der Waals surface area contributed by atoms with Gasteiger partial charge >= 0.3 is 0 Å². The highest BCUT2D eigenvalue weighted by atomic mass is 16.3. The van der Waals surface area contributed by atoms with Gasteiger partial charge in [-0.05, 0) is 49.7 Å². The van der Waals surface area contributed by atoms with Gasteiger partial charge in [0.2, 0.25) is 11.8 Å². The molecule has 2 aliphatic rings. The van der Waals surface area contributed by atoms with Crippen LogP contribution < -0.4 is 10.6 Å². The Hall–Kier alpha value is -1.88. The summed E-state index contributed by atoms with van der Waals surface area (Å²) < 4.78 is 0. The van der Waals surface area contributed by atoms with Gasteiger partial charge in [-0.1, -0.05) is 31.2 Å². The zero-order chi connectivity index (χ0) is 17.3. The van der Waals surface area contributed by atoms with Gasteiger partial charge in [0.15, 0.2) is 0 Å². The SMILES string of the molecule is CC1CCC(NC(=O)C(NC(=O)C2CC2)C(C)O)c2ccccc21. The lowest BCUT2D eigenvalue weighted by molar-refractivity contribution is -0.132. The van der Waals surface area contributed by atoms with Gasteiger partial charge in [0.25, 0.3) is 0 Å². The van der Waals surface area contributed by atoms with E-state index >= 15 is 0 Å². The van der Waals surface area contributed by atoms with Crippen LogP contribution in [-0.4, -0.2) is 29.1 Å². The van der Waals surface area contributed by atoms with Gasteiger partial charge in [-0.15, -0.1) is 0 Å². The minimum atomic E-state index is -0.926. The van der Waals surface area contributed by atoms with E-state index in [0.29, 0.717) is 5.92 Å². The molecule has 5 heteroatoms. The number of benzene rings is 1. The van der Waals surface area contributed by atoms with Crippen LogP contribution in [0.3, 0.4) is 0 Å². The van der Waals surface area contributed by atoms with Crippen LogP contribution in [0, 0.1) is 5.92 Å². The summed E-state index contributed by atoms with van der Waals surface area (Å²) in [5.41, 5.74) is 2.41. The first-order valence-corrected chi connectivity index (χ1v) is 8.85. The van der Waals surface area contributed by atoms with Crippen LogP contribution in [0.1, 0.15) is 62.6 Å². The summed E-state index contributed by atoms with van der Waals surface area (Å²) in [5, 5.41) is 15.7. The summed E-state index contributed by atoms with van der Waals surface area (Å²) in [6, 6.07) is 7.20. The summed E-state index contributed by atoms with van der Waals surface area (Å²) >= 11 is 0. The lowest BCUT2D eigenvalue weighted by Gasteiger charge is -2.32. The summed E-state index contributed by atoms with van der Waals surface area (Å²) in [7, 11) is 0. The molecule has 2 aliphatic carbocycles. The van der Waals surface area contributed by atoms with E-state index in [-0.39, 0.29) is 23.8 Å². The number of amides is 2. The molecule has 1 fully saturated rings. The number of hydrogen-bond acceptors (Lipinski definition) is 3. The Morgan fingerprint density at radius 2 is 1.79 bits per heavy atom. The highest BCUT2D eigenvalue weighted by molar-refractivity contribution is 5.90. The van der Waals surface area contributed by atoms with E-state index in [1.165, 1.54) is 12.5 Å². The summed E-state index contributed by atoms with van der Waals surface area (Å²) in [5.74, 6) is 0.0499. The van der Waals surface area contributed by atoms with Gasteiger partial charge in [0.05, 0.1) is 12.1 Å². The molecule has 0 bridgehead atoms. The molecule has 0 aliphatic heterocycles. The normalized spacial score (nSPS) is 25.3. The van der Waals surface area contributed by atoms with Crippen molar-refractivity contribution < 1.29 is 14.7 Å². The second kappa shape index (κ2) is 6.93. The number of nitrogens with one attached hydrogen (secondary N) is 2. The minimum absolute atomic E-state index is 0.00954. The molecule has 24 heavy (non-hydrogen) atoms. The van der Waals surface area contributed by atoms with Crippen LogP contribution in [0.4, 0.5) is 0 Å². The van der Waals surface area contributed by atoms with Gasteiger partial charge in [-0.25, -0.2) is 0 Å². The molecule has 130 valence electrons. The Labute approximate surface area is 142 Å². The molecule has 1 saturated carbocycles. The zero-order valence-electron chi connectivity index (χ0n) is 14.3. The van der Waals surface area contributed by atoms with Crippen LogP contribution >= 0.6 is 0 Å². The Kier molecular flexibility index (Phi) is 4.90. The molecular weight excluding hydrogens is 304 g/mol. The lowest BCUT2D eigenvalue weighted by Crippen LogP contribution is -2.53. The second-order valence-corrected chi connectivity index (χ2v) is 7.17. The molecule has 3 N–H and O–H groups in total. The Morgan fingerprint density at radius 1 is 1.12 bits per heavy atom. The predicted octanol–water partition coefficient (Wildman–Crippen LogP) is 2.02. The van der Waals surface area contributed by atoms with Crippen LogP contribution in [0.5, 0.6) is 0 Å². The van der Waals surface area contributed by atoms with Crippen molar-refractivity contribution in [1.29, 1.82) is 0 Å². The zero-order valence-corrected chi connectivity index (χ0v) is 14.3. The van der Waals surface area contributed by atoms with Gasteiger partial charge in [-0.3, -0.25) is 9.59 Å². The van der Waals surface area contributed by atoms with E-state index in [4.69, 9.17) is 0 Å². The van der Waals surface area contributed by atoms with E-state index in [1.54, 1.807) is 0 Å². The summed E-state index contributed by atoms with van der Waals surface area (Å²) in [6.07, 6.45) is 2.69. The molecule has 4 atom stereocenters. The smallest absolute Gasteiger partial charge is 0.245 e. The monoisotopic (exact) mass is 330 g/mol. The molecule has 0 saturated heterocycles. The van der Waals surface area contributed by atoms with Crippen LogP contribution in [0.15, 0.2) is 24.3 Å². The fraction of sp³-hybridized carbons (Fsp3) is 0.579. The van der Waals surface area contributed by atoms with Crippen molar-refractivity contribution >= 4 is 11.8 Å². The molecule has 4 unspecified atom stereocenters. The molecule has 0 heterocycles. The fourth-order valence-corrected chi connectivity index (χ4v) is 3.44. The van der Waals surface area contributed by atoms with Crippen LogP contribution in [0.2, 0.25) is 0 Å². The maximum atomic E-state index is 12.6. The van der Waals surface area contributed by atoms with Gasteiger partial charge in [0.1, 0.15) is 6.04 Å². The van der Waals surface area contributed by atoms with Crippen molar-refractivity contribution in [1.82, 2.24) is 10.6 Å². The maximum Gasteiger partial charge on any atom is 0.245 e. The van der Waals surface area contributed by atoms with E-state index in [2.05, 4.69) is 29.7 Å². The highest BCUT2D eigenvalue weighted by Crippen LogP contribution is 2.37. The predicted molar refractivity (Wildman–Crippen MR) is 91.3 cm³/mol. The van der Waals surface area contributed by atoms with Crippen molar-refractivity contribution in [2.75, 3.05) is 0 Å². The van der Waals surface area contributed by atoms with E-state index in [0.717, 1.165) is 31.2 Å². The molecule has 5 nitrogen and oxygen atoms in total. The average molecular weight is 330 g/mol. The number of fused-ring (bicyclic) bond motifs is 1. The summed E-state index contributed by atoms with van der Waals surface area (Å²) in [6.45, 7) is 3.74. The molecule has 0 spiro atoms. The van der Waals surface area contributed by atoms with Crippen LogP contribution in [-0.2, 0) is 9.59 Å². The quantitative estimate of drug-likeness (QED) is 0.773. The standard InChI is InChI=1S/C19H26N2O3/c1-11-7-10-16(15-6-4-3-5-14(11)15)20-19(24)17(12(2)22)21-18(23)13-8-9-13/h3-6,11-13,16-17,22H,7-10H2,1-2H3,(H,20,24)(H,21,23). The minimum Gasteiger partial charge on any atom is -0.391 e. The van der Waals surface area contributed by atoms with Crippen molar-refractivity contribution in [2.45, 2.75) is 63.6 Å². The number of rotatable bonds is 5. The highest BCUT2D eigenvalue weighted by Gasteiger charge is 2.35. The van der Waals surface area contributed by atoms with Gasteiger partial charge in [0, 0.05) is 5.92 Å². The number of aliphatic hydroxyl groups excluding tert-OH is 1. The third kappa shape index (κ3) is 3.61. The first-order chi connectivity index (χ1) is 11.5. The van der Waals surface area contributed by atoms with E-state index < -0.39 is 12.1 Å². The third-order valence-electron chi connectivity index (χ3n) is 5.12. The molecule has 3 rings (SSSR count). The third-order valence-corrected chi connectivity index (χ3v) is 5.12. The first-order valence-electron chi connectivity index (χ1n) is 8.85. The first kappa shape index (κ1) is 17.0. The molecule has 0 radical (unpaired) electrons. The number of hydrogen-bond donors (Lipinski definition) is 3. The van der Waals surface area contributed by atoms with Crippen molar-refractivity contribution in [2.24, 2.45) is 5.92 Å². The molecule has 2 amide bonds. The number of carbonyl (C=O) groups excluding carboxylic acids is 2. The van der Waals surface area contributed by atoms with Crippen molar-refractivity contribution in [3.05, 3.63) is 35.4 Å². The Bertz CT molecular complexity index is 625. The van der Waals surface area contributed by atoms with Gasteiger partial charge < -0.3 is 15.7 Å². The number of carbonyl (C=O) groups is 2. The topological polar surface area (TPSA) is 78.4 Å². The second-order valence-electron chi connectivity index (χ2n) is 7.17. The molecular formula is C19H26N2O3. The largest absolute Gasteiger partial charge is 0.391 e. The maximum absolute atomic E-state index is 12.6. The van der Waals surface area contributed by atoms with E-state index in [9.17, 15) is 14.7 Å². The van der Waals surface area contributed by atoms with Crippen molar-refractivity contribution in [3.8, 4) is 0 Å². The van der Waals surface area contributed by atoms with Crippen LogP contribution in [0.25, 0.3) is 0 Å².